The maximum atomic E-state index is 5.23. The summed E-state index contributed by atoms with van der Waals surface area (Å²) in [5.74, 6) is 0.884. The van der Waals surface area contributed by atoms with E-state index in [2.05, 4.69) is 53.0 Å². The van der Waals surface area contributed by atoms with E-state index in [9.17, 15) is 0 Å². The van der Waals surface area contributed by atoms with Gasteiger partial charge in [-0.1, -0.05) is 30.3 Å². The lowest BCUT2D eigenvalue weighted by atomic mass is 10.0. The van der Waals surface area contributed by atoms with Crippen LogP contribution < -0.4 is 4.74 Å². The van der Waals surface area contributed by atoms with Crippen molar-refractivity contribution in [2.24, 2.45) is 7.05 Å². The Kier molecular flexibility index (Phi) is 3.27. The van der Waals surface area contributed by atoms with E-state index in [0.717, 1.165) is 12.2 Å². The maximum Gasteiger partial charge on any atom is 0.118 e. The minimum Gasteiger partial charge on any atom is -0.497 e. The van der Waals surface area contributed by atoms with Gasteiger partial charge in [-0.25, -0.2) is 0 Å². The van der Waals surface area contributed by atoms with E-state index in [1.54, 1.807) is 7.11 Å². The van der Waals surface area contributed by atoms with Crippen molar-refractivity contribution >= 4 is 21.8 Å². The van der Waals surface area contributed by atoms with Crippen LogP contribution in [0.3, 0.4) is 0 Å². The minimum atomic E-state index is 0.863. The van der Waals surface area contributed by atoms with E-state index >= 15 is 0 Å². The van der Waals surface area contributed by atoms with Crippen LogP contribution in [-0.2, 0) is 13.5 Å². The molecule has 0 amide bonds. The highest BCUT2D eigenvalue weighted by Crippen LogP contribution is 2.31. The summed E-state index contributed by atoms with van der Waals surface area (Å²) < 4.78 is 7.45. The summed E-state index contributed by atoms with van der Waals surface area (Å²) in [6, 6.07) is 16.8. The van der Waals surface area contributed by atoms with E-state index in [0.29, 0.717) is 0 Å². The number of hydrogen-bond acceptors (Lipinski definition) is 2. The Labute approximate surface area is 135 Å². The lowest BCUT2D eigenvalue weighted by Gasteiger charge is -2.06. The lowest BCUT2D eigenvalue weighted by Crippen LogP contribution is -1.93. The topological polar surface area (TPSA) is 27.1 Å². The maximum absolute atomic E-state index is 5.23. The zero-order valence-corrected chi connectivity index (χ0v) is 13.3. The molecule has 0 radical (unpaired) electrons. The average molecular weight is 302 g/mol. The van der Waals surface area contributed by atoms with Gasteiger partial charge < -0.3 is 9.30 Å². The van der Waals surface area contributed by atoms with Gasteiger partial charge in [-0.15, -0.1) is 0 Å². The van der Waals surface area contributed by atoms with Gasteiger partial charge in [0.25, 0.3) is 0 Å². The van der Waals surface area contributed by atoms with Gasteiger partial charge in [0.2, 0.25) is 0 Å². The van der Waals surface area contributed by atoms with Gasteiger partial charge in [0.15, 0.2) is 0 Å². The third kappa shape index (κ3) is 2.25. The van der Waals surface area contributed by atoms with Crippen molar-refractivity contribution in [3.63, 3.8) is 0 Å². The highest BCUT2D eigenvalue weighted by atomic mass is 16.5. The predicted molar refractivity (Wildman–Crippen MR) is 94.0 cm³/mol. The Balaban J connectivity index is 1.88. The van der Waals surface area contributed by atoms with E-state index < -0.39 is 0 Å². The molecule has 2 aromatic heterocycles. The third-order valence-electron chi connectivity index (χ3n) is 4.45. The first kappa shape index (κ1) is 13.8. The summed E-state index contributed by atoms with van der Waals surface area (Å²) in [6.07, 6.45) is 4.80. The SMILES string of the molecule is COc1ccc(Cc2cncc3c2c2ccccc2n3C)cc1. The summed E-state index contributed by atoms with van der Waals surface area (Å²) in [6.45, 7) is 0. The van der Waals surface area contributed by atoms with E-state index in [1.807, 2.05) is 24.5 Å². The van der Waals surface area contributed by atoms with E-state index in [4.69, 9.17) is 4.74 Å². The summed E-state index contributed by atoms with van der Waals surface area (Å²) in [4.78, 5) is 4.45. The van der Waals surface area contributed by atoms with Crippen LogP contribution in [0.5, 0.6) is 5.75 Å². The Morgan fingerprint density at radius 3 is 2.52 bits per heavy atom. The average Bonchev–Trinajstić information content (AvgIpc) is 2.90. The molecule has 0 N–H and O–H groups in total. The fourth-order valence-electron chi connectivity index (χ4n) is 3.26. The number of nitrogens with zero attached hydrogens (tertiary/aromatic N) is 2. The highest BCUT2D eigenvalue weighted by molar-refractivity contribution is 6.09. The molecule has 0 aliphatic carbocycles. The Bertz CT molecular complexity index is 984. The Morgan fingerprint density at radius 2 is 1.74 bits per heavy atom. The monoisotopic (exact) mass is 302 g/mol. The number of pyridine rings is 1. The molecule has 0 atom stereocenters. The third-order valence-corrected chi connectivity index (χ3v) is 4.45. The van der Waals surface area contributed by atoms with Crippen LogP contribution in [0.25, 0.3) is 21.8 Å². The predicted octanol–water partition coefficient (Wildman–Crippen LogP) is 4.33. The molecular formula is C20H18N2O. The molecule has 0 spiro atoms. The summed E-state index contributed by atoms with van der Waals surface area (Å²) in [5.41, 5.74) is 4.93. The first-order valence-corrected chi connectivity index (χ1v) is 7.71. The number of fused-ring (bicyclic) bond motifs is 3. The number of rotatable bonds is 3. The number of hydrogen-bond donors (Lipinski definition) is 0. The largest absolute Gasteiger partial charge is 0.497 e. The zero-order valence-electron chi connectivity index (χ0n) is 13.3. The van der Waals surface area contributed by atoms with Gasteiger partial charge in [0.1, 0.15) is 5.75 Å². The minimum absolute atomic E-state index is 0.863. The van der Waals surface area contributed by atoms with E-state index in [1.165, 1.54) is 32.9 Å². The van der Waals surface area contributed by atoms with Crippen molar-refractivity contribution < 1.29 is 4.74 Å². The lowest BCUT2D eigenvalue weighted by molar-refractivity contribution is 0.414. The molecule has 2 aromatic carbocycles. The molecule has 3 heteroatoms. The van der Waals surface area contributed by atoms with E-state index in [-0.39, 0.29) is 0 Å². The fraction of sp³-hybridized carbons (Fsp3) is 0.150. The molecule has 0 bridgehead atoms. The quantitative estimate of drug-likeness (QED) is 0.563. The molecule has 0 fully saturated rings. The number of methoxy groups -OCH3 is 1. The van der Waals surface area contributed by atoms with Crippen LogP contribution in [0.15, 0.2) is 60.9 Å². The Morgan fingerprint density at radius 1 is 0.957 bits per heavy atom. The van der Waals surface area contributed by atoms with Gasteiger partial charge in [-0.05, 0) is 35.7 Å². The second kappa shape index (κ2) is 5.43. The molecule has 4 aromatic rings. The van der Waals surface area contributed by atoms with Crippen LogP contribution in [0.4, 0.5) is 0 Å². The molecular weight excluding hydrogens is 284 g/mol. The van der Waals surface area contributed by atoms with Gasteiger partial charge in [-0.2, -0.15) is 0 Å². The van der Waals surface area contributed by atoms with Crippen molar-refractivity contribution in [1.82, 2.24) is 9.55 Å². The standard InChI is InChI=1S/C20H18N2O/c1-22-18-6-4-3-5-17(18)20-15(12-21-13-19(20)22)11-14-7-9-16(23-2)10-8-14/h3-10,12-13H,11H2,1-2H3. The first-order chi connectivity index (χ1) is 11.3. The number of para-hydroxylation sites is 1. The summed E-state index contributed by atoms with van der Waals surface area (Å²) in [7, 11) is 3.79. The van der Waals surface area contributed by atoms with Gasteiger partial charge in [0, 0.05) is 29.5 Å². The molecule has 0 unspecified atom stereocenters. The van der Waals surface area contributed by atoms with Crippen LogP contribution in [0.2, 0.25) is 0 Å². The van der Waals surface area contributed by atoms with Crippen LogP contribution >= 0.6 is 0 Å². The second-order valence-electron chi connectivity index (χ2n) is 5.79. The normalized spacial score (nSPS) is 11.2. The number of aromatic nitrogens is 2. The van der Waals surface area contributed by atoms with Crippen molar-refractivity contribution in [3.8, 4) is 5.75 Å². The van der Waals surface area contributed by atoms with Gasteiger partial charge in [-0.3, -0.25) is 4.98 Å². The smallest absolute Gasteiger partial charge is 0.118 e. The molecule has 0 aliphatic rings. The molecule has 4 rings (SSSR count). The van der Waals surface area contributed by atoms with Crippen LogP contribution in [-0.4, -0.2) is 16.7 Å². The van der Waals surface area contributed by atoms with Crippen molar-refractivity contribution in [2.75, 3.05) is 7.11 Å². The van der Waals surface area contributed by atoms with Gasteiger partial charge in [0.05, 0.1) is 18.8 Å². The number of benzene rings is 2. The number of ether oxygens (including phenoxy) is 1. The van der Waals surface area contributed by atoms with Crippen LogP contribution in [0, 0.1) is 0 Å². The summed E-state index contributed by atoms with van der Waals surface area (Å²) >= 11 is 0. The van der Waals surface area contributed by atoms with Crippen molar-refractivity contribution in [2.45, 2.75) is 6.42 Å². The molecule has 0 saturated carbocycles. The van der Waals surface area contributed by atoms with Gasteiger partial charge >= 0.3 is 0 Å². The second-order valence-corrected chi connectivity index (χ2v) is 5.79. The molecule has 23 heavy (non-hydrogen) atoms. The molecule has 2 heterocycles. The van der Waals surface area contributed by atoms with Crippen LogP contribution in [0.1, 0.15) is 11.1 Å². The fourth-order valence-corrected chi connectivity index (χ4v) is 3.26. The molecule has 0 aliphatic heterocycles. The van der Waals surface area contributed by atoms with Crippen molar-refractivity contribution in [3.05, 3.63) is 72.1 Å². The molecule has 3 nitrogen and oxygen atoms in total. The molecule has 114 valence electrons. The highest BCUT2D eigenvalue weighted by Gasteiger charge is 2.12. The molecule has 0 saturated heterocycles. The number of aryl methyl sites for hydroxylation is 1. The summed E-state index contributed by atoms with van der Waals surface area (Å²) in [5, 5.41) is 2.59. The first-order valence-electron chi connectivity index (χ1n) is 7.71. The zero-order chi connectivity index (χ0) is 15.8. The Hall–Kier alpha value is -2.81. The van der Waals surface area contributed by atoms with Crippen molar-refractivity contribution in [1.29, 1.82) is 0 Å².